The summed E-state index contributed by atoms with van der Waals surface area (Å²) >= 11 is 0. The van der Waals surface area contributed by atoms with Crippen LogP contribution in [0.4, 0.5) is 0 Å². The predicted molar refractivity (Wildman–Crippen MR) is 57.2 cm³/mol. The van der Waals surface area contributed by atoms with E-state index in [-0.39, 0.29) is 0 Å². The highest BCUT2D eigenvalue weighted by molar-refractivity contribution is 5.78. The highest BCUT2D eigenvalue weighted by Crippen LogP contribution is 2.19. The summed E-state index contributed by atoms with van der Waals surface area (Å²) in [5.74, 6) is -0.755. The number of hydrogen-bond donors (Lipinski definition) is 3. The summed E-state index contributed by atoms with van der Waals surface area (Å²) in [4.78, 5) is 11.2. The largest absolute Gasteiger partial charge is 0.480 e. The van der Waals surface area contributed by atoms with Gasteiger partial charge in [-0.3, -0.25) is 4.79 Å². The number of hydrogen-bond acceptors (Lipinski definition) is 3. The second-order valence-electron chi connectivity index (χ2n) is 3.60. The Balaban J connectivity index is 4.46. The zero-order chi connectivity index (χ0) is 11.0. The average molecular weight is 202 g/mol. The molecular weight excluding hydrogens is 180 g/mol. The van der Waals surface area contributed by atoms with Crippen molar-refractivity contribution in [3.63, 3.8) is 0 Å². The van der Waals surface area contributed by atoms with Gasteiger partial charge in [0.15, 0.2) is 0 Å². The SMILES string of the molecule is CCCC(CCC)(NCCN)C(=O)O. The summed E-state index contributed by atoms with van der Waals surface area (Å²) in [6.07, 6.45) is 3.06. The van der Waals surface area contributed by atoms with Gasteiger partial charge in [0.2, 0.25) is 0 Å². The lowest BCUT2D eigenvalue weighted by molar-refractivity contribution is -0.145. The fourth-order valence-electron chi connectivity index (χ4n) is 1.76. The van der Waals surface area contributed by atoms with Gasteiger partial charge in [-0.15, -0.1) is 0 Å². The molecule has 0 amide bonds. The molecule has 4 N–H and O–H groups in total. The molecule has 0 aliphatic rings. The van der Waals surface area contributed by atoms with Crippen molar-refractivity contribution in [2.24, 2.45) is 5.73 Å². The van der Waals surface area contributed by atoms with Gasteiger partial charge in [-0.05, 0) is 12.8 Å². The molecule has 0 aromatic heterocycles. The van der Waals surface area contributed by atoms with Gasteiger partial charge in [0.1, 0.15) is 5.54 Å². The summed E-state index contributed by atoms with van der Waals surface area (Å²) in [7, 11) is 0. The topological polar surface area (TPSA) is 75.3 Å². The molecule has 0 radical (unpaired) electrons. The standard InChI is InChI=1S/C10H22N2O2/c1-3-5-10(6-4-2,9(13)14)12-8-7-11/h12H,3-8,11H2,1-2H3,(H,13,14). The predicted octanol–water partition coefficient (Wildman–Crippen LogP) is 0.958. The van der Waals surface area contributed by atoms with Gasteiger partial charge >= 0.3 is 5.97 Å². The van der Waals surface area contributed by atoms with E-state index in [4.69, 9.17) is 5.73 Å². The van der Waals surface area contributed by atoms with Crippen molar-refractivity contribution in [3.8, 4) is 0 Å². The van der Waals surface area contributed by atoms with Crippen LogP contribution in [0.3, 0.4) is 0 Å². The lowest BCUT2D eigenvalue weighted by Crippen LogP contribution is -2.53. The number of aliphatic carboxylic acids is 1. The molecule has 0 aromatic rings. The maximum atomic E-state index is 11.2. The molecule has 0 spiro atoms. The van der Waals surface area contributed by atoms with Crippen LogP contribution in [-0.2, 0) is 4.79 Å². The summed E-state index contributed by atoms with van der Waals surface area (Å²) in [5.41, 5.74) is 4.61. The Morgan fingerprint density at radius 1 is 1.36 bits per heavy atom. The molecular formula is C10H22N2O2. The van der Waals surface area contributed by atoms with Crippen molar-refractivity contribution in [2.45, 2.75) is 45.1 Å². The number of nitrogens with two attached hydrogens (primary N) is 1. The molecule has 0 heterocycles. The van der Waals surface area contributed by atoms with Crippen molar-refractivity contribution < 1.29 is 9.90 Å². The minimum atomic E-state index is -0.761. The normalized spacial score (nSPS) is 11.6. The molecule has 0 aromatic carbocycles. The lowest BCUT2D eigenvalue weighted by atomic mass is 9.88. The highest BCUT2D eigenvalue weighted by Gasteiger charge is 2.35. The van der Waals surface area contributed by atoms with Gasteiger partial charge in [0.05, 0.1) is 0 Å². The van der Waals surface area contributed by atoms with Gasteiger partial charge < -0.3 is 16.2 Å². The number of nitrogens with one attached hydrogen (secondary N) is 1. The Kier molecular flexibility index (Phi) is 6.49. The van der Waals surface area contributed by atoms with Crippen LogP contribution in [0.2, 0.25) is 0 Å². The van der Waals surface area contributed by atoms with Crippen molar-refractivity contribution in [3.05, 3.63) is 0 Å². The van der Waals surface area contributed by atoms with E-state index in [1.165, 1.54) is 0 Å². The van der Waals surface area contributed by atoms with Gasteiger partial charge in [-0.1, -0.05) is 26.7 Å². The summed E-state index contributed by atoms with van der Waals surface area (Å²) in [6.45, 7) is 5.03. The molecule has 0 rings (SSSR count). The number of rotatable bonds is 8. The first-order chi connectivity index (χ1) is 6.63. The number of carboxylic acid groups (broad SMARTS) is 1. The van der Waals surface area contributed by atoms with E-state index in [0.29, 0.717) is 25.9 Å². The molecule has 0 aliphatic carbocycles. The van der Waals surface area contributed by atoms with Crippen LogP contribution >= 0.6 is 0 Å². The molecule has 4 nitrogen and oxygen atoms in total. The smallest absolute Gasteiger partial charge is 0.323 e. The molecule has 0 atom stereocenters. The van der Waals surface area contributed by atoms with Crippen LogP contribution in [0, 0.1) is 0 Å². The molecule has 14 heavy (non-hydrogen) atoms. The Morgan fingerprint density at radius 3 is 2.14 bits per heavy atom. The maximum absolute atomic E-state index is 11.2. The fourth-order valence-corrected chi connectivity index (χ4v) is 1.76. The van der Waals surface area contributed by atoms with E-state index in [0.717, 1.165) is 12.8 Å². The molecule has 0 saturated carbocycles. The van der Waals surface area contributed by atoms with Crippen molar-refractivity contribution >= 4 is 5.97 Å². The Morgan fingerprint density at radius 2 is 1.86 bits per heavy atom. The number of carbonyl (C=O) groups is 1. The van der Waals surface area contributed by atoms with Crippen molar-refractivity contribution in [1.29, 1.82) is 0 Å². The first-order valence-corrected chi connectivity index (χ1v) is 5.31. The van der Waals surface area contributed by atoms with Crippen LogP contribution in [0.5, 0.6) is 0 Å². The van der Waals surface area contributed by atoms with E-state index in [2.05, 4.69) is 5.32 Å². The second-order valence-corrected chi connectivity index (χ2v) is 3.60. The zero-order valence-electron chi connectivity index (χ0n) is 9.18. The van der Waals surface area contributed by atoms with Crippen LogP contribution in [0.25, 0.3) is 0 Å². The molecule has 0 fully saturated rings. The highest BCUT2D eigenvalue weighted by atomic mass is 16.4. The second kappa shape index (κ2) is 6.79. The van der Waals surface area contributed by atoms with E-state index in [1.54, 1.807) is 0 Å². The third-order valence-corrected chi connectivity index (χ3v) is 2.37. The Hall–Kier alpha value is -0.610. The summed E-state index contributed by atoms with van der Waals surface area (Å²) in [6, 6.07) is 0. The van der Waals surface area contributed by atoms with Gasteiger partial charge in [-0.2, -0.15) is 0 Å². The third kappa shape index (κ3) is 3.64. The van der Waals surface area contributed by atoms with E-state index in [9.17, 15) is 9.90 Å². The Bertz CT molecular complexity index is 166. The van der Waals surface area contributed by atoms with E-state index >= 15 is 0 Å². The monoisotopic (exact) mass is 202 g/mol. The molecule has 0 saturated heterocycles. The van der Waals surface area contributed by atoms with E-state index < -0.39 is 11.5 Å². The first kappa shape index (κ1) is 13.4. The van der Waals surface area contributed by atoms with Crippen LogP contribution < -0.4 is 11.1 Å². The summed E-state index contributed by atoms with van der Waals surface area (Å²) in [5, 5.41) is 12.3. The van der Waals surface area contributed by atoms with Crippen LogP contribution in [-0.4, -0.2) is 29.7 Å². The number of carboxylic acids is 1. The van der Waals surface area contributed by atoms with E-state index in [1.807, 2.05) is 13.8 Å². The molecule has 84 valence electrons. The molecule has 0 unspecified atom stereocenters. The molecule has 4 heteroatoms. The first-order valence-electron chi connectivity index (χ1n) is 5.31. The van der Waals surface area contributed by atoms with Crippen molar-refractivity contribution in [1.82, 2.24) is 5.32 Å². The Labute approximate surface area is 85.9 Å². The molecule has 0 aliphatic heterocycles. The molecule has 0 bridgehead atoms. The quantitative estimate of drug-likeness (QED) is 0.548. The van der Waals surface area contributed by atoms with Gasteiger partial charge in [-0.25, -0.2) is 0 Å². The van der Waals surface area contributed by atoms with Crippen LogP contribution in [0.1, 0.15) is 39.5 Å². The maximum Gasteiger partial charge on any atom is 0.323 e. The van der Waals surface area contributed by atoms with Crippen LogP contribution in [0.15, 0.2) is 0 Å². The third-order valence-electron chi connectivity index (χ3n) is 2.37. The zero-order valence-corrected chi connectivity index (χ0v) is 9.18. The average Bonchev–Trinajstić information content (AvgIpc) is 2.14. The minimum absolute atomic E-state index is 0.475. The summed E-state index contributed by atoms with van der Waals surface area (Å²) < 4.78 is 0. The lowest BCUT2D eigenvalue weighted by Gasteiger charge is -2.30. The fraction of sp³-hybridized carbons (Fsp3) is 0.900. The minimum Gasteiger partial charge on any atom is -0.480 e. The van der Waals surface area contributed by atoms with Gasteiger partial charge in [0, 0.05) is 13.1 Å². The van der Waals surface area contributed by atoms with Gasteiger partial charge in [0.25, 0.3) is 0 Å². The van der Waals surface area contributed by atoms with Crippen molar-refractivity contribution in [2.75, 3.05) is 13.1 Å².